The van der Waals surface area contributed by atoms with Crippen LogP contribution in [0.2, 0.25) is 0 Å². The summed E-state index contributed by atoms with van der Waals surface area (Å²) in [6.07, 6.45) is 3.63. The molecule has 2 N–H and O–H groups in total. The van der Waals surface area contributed by atoms with Crippen LogP contribution >= 0.6 is 0 Å². The van der Waals surface area contributed by atoms with E-state index in [4.69, 9.17) is 10.5 Å². The second-order valence-electron chi connectivity index (χ2n) is 4.73. The van der Waals surface area contributed by atoms with E-state index in [0.29, 0.717) is 6.54 Å². The standard InChI is InChI=1S/C18H16N2O/c19-11-14-10-16(13-20-12-14)15-6-8-18(9-7-15)21-17-4-2-1-3-5-17/h1-10,12-13H,11,19H2. The number of nitrogens with two attached hydrogens (primary N) is 1. The molecule has 0 spiro atoms. The predicted molar refractivity (Wildman–Crippen MR) is 84.1 cm³/mol. The fourth-order valence-corrected chi connectivity index (χ4v) is 2.10. The molecule has 1 heterocycles. The van der Waals surface area contributed by atoms with Gasteiger partial charge in [-0.2, -0.15) is 0 Å². The Morgan fingerprint density at radius 1 is 0.810 bits per heavy atom. The third kappa shape index (κ3) is 3.27. The zero-order valence-electron chi connectivity index (χ0n) is 11.6. The van der Waals surface area contributed by atoms with Crippen LogP contribution in [0.5, 0.6) is 11.5 Å². The molecule has 3 aromatic rings. The normalized spacial score (nSPS) is 10.3. The third-order valence-corrected chi connectivity index (χ3v) is 3.20. The molecule has 0 aliphatic rings. The largest absolute Gasteiger partial charge is 0.457 e. The third-order valence-electron chi connectivity index (χ3n) is 3.20. The van der Waals surface area contributed by atoms with Gasteiger partial charge < -0.3 is 10.5 Å². The first kappa shape index (κ1) is 13.3. The van der Waals surface area contributed by atoms with E-state index < -0.39 is 0 Å². The van der Waals surface area contributed by atoms with Crippen LogP contribution < -0.4 is 10.5 Å². The van der Waals surface area contributed by atoms with Gasteiger partial charge in [-0.15, -0.1) is 0 Å². The minimum absolute atomic E-state index is 0.496. The minimum atomic E-state index is 0.496. The molecule has 2 aromatic carbocycles. The number of ether oxygens (including phenoxy) is 1. The van der Waals surface area contributed by atoms with Crippen molar-refractivity contribution in [3.05, 3.63) is 78.6 Å². The van der Waals surface area contributed by atoms with Gasteiger partial charge in [-0.05, 0) is 41.5 Å². The summed E-state index contributed by atoms with van der Waals surface area (Å²) in [6.45, 7) is 0.496. The average molecular weight is 276 g/mol. The molecule has 0 atom stereocenters. The van der Waals surface area contributed by atoms with E-state index >= 15 is 0 Å². The van der Waals surface area contributed by atoms with Gasteiger partial charge in [0.15, 0.2) is 0 Å². The molecular weight excluding hydrogens is 260 g/mol. The Labute approximate surface area is 124 Å². The van der Waals surface area contributed by atoms with E-state index in [1.165, 1.54) is 0 Å². The van der Waals surface area contributed by atoms with Crippen LogP contribution in [0.1, 0.15) is 5.56 Å². The molecule has 0 bridgehead atoms. The Kier molecular flexibility index (Phi) is 3.94. The first-order chi connectivity index (χ1) is 10.3. The van der Waals surface area contributed by atoms with Gasteiger partial charge in [0.1, 0.15) is 11.5 Å². The minimum Gasteiger partial charge on any atom is -0.457 e. The lowest BCUT2D eigenvalue weighted by Crippen LogP contribution is -1.97. The first-order valence-electron chi connectivity index (χ1n) is 6.82. The lowest BCUT2D eigenvalue weighted by Gasteiger charge is -2.07. The van der Waals surface area contributed by atoms with Crippen molar-refractivity contribution >= 4 is 0 Å². The van der Waals surface area contributed by atoms with Crippen molar-refractivity contribution in [3.63, 3.8) is 0 Å². The summed E-state index contributed by atoms with van der Waals surface area (Å²) < 4.78 is 5.78. The van der Waals surface area contributed by atoms with Gasteiger partial charge in [-0.25, -0.2) is 0 Å². The van der Waals surface area contributed by atoms with Gasteiger partial charge in [0.05, 0.1) is 0 Å². The number of aromatic nitrogens is 1. The molecule has 3 heteroatoms. The molecule has 0 unspecified atom stereocenters. The topological polar surface area (TPSA) is 48.1 Å². The summed E-state index contributed by atoms with van der Waals surface area (Å²) in [5.41, 5.74) is 8.83. The molecule has 21 heavy (non-hydrogen) atoms. The molecular formula is C18H16N2O. The maximum atomic E-state index is 5.78. The van der Waals surface area contributed by atoms with Gasteiger partial charge in [0.2, 0.25) is 0 Å². The average Bonchev–Trinajstić information content (AvgIpc) is 2.56. The maximum absolute atomic E-state index is 5.78. The van der Waals surface area contributed by atoms with Gasteiger partial charge in [0, 0.05) is 24.5 Å². The lowest BCUT2D eigenvalue weighted by atomic mass is 10.1. The summed E-state index contributed by atoms with van der Waals surface area (Å²) in [5.74, 6) is 1.64. The number of nitrogens with zero attached hydrogens (tertiary/aromatic N) is 1. The summed E-state index contributed by atoms with van der Waals surface area (Å²) in [4.78, 5) is 4.21. The molecule has 0 fully saturated rings. The van der Waals surface area contributed by atoms with Crippen molar-refractivity contribution in [2.45, 2.75) is 6.54 Å². The molecule has 0 radical (unpaired) electrons. The Morgan fingerprint density at radius 2 is 1.52 bits per heavy atom. The van der Waals surface area contributed by atoms with Crippen molar-refractivity contribution in [1.29, 1.82) is 0 Å². The number of hydrogen-bond donors (Lipinski definition) is 1. The van der Waals surface area contributed by atoms with Crippen LogP contribution in [0.3, 0.4) is 0 Å². The van der Waals surface area contributed by atoms with Crippen LogP contribution in [0.15, 0.2) is 73.1 Å². The highest BCUT2D eigenvalue weighted by molar-refractivity contribution is 5.63. The predicted octanol–water partition coefficient (Wildman–Crippen LogP) is 4.00. The van der Waals surface area contributed by atoms with Gasteiger partial charge in [0.25, 0.3) is 0 Å². The van der Waals surface area contributed by atoms with Crippen LogP contribution in [0.25, 0.3) is 11.1 Å². The van der Waals surface area contributed by atoms with Gasteiger partial charge in [-0.1, -0.05) is 30.3 Å². The molecule has 3 nitrogen and oxygen atoms in total. The van der Waals surface area contributed by atoms with Crippen molar-refractivity contribution in [1.82, 2.24) is 4.98 Å². The zero-order valence-corrected chi connectivity index (χ0v) is 11.6. The fourth-order valence-electron chi connectivity index (χ4n) is 2.10. The number of para-hydroxylation sites is 1. The molecule has 0 saturated heterocycles. The number of pyridine rings is 1. The van der Waals surface area contributed by atoms with Crippen molar-refractivity contribution in [3.8, 4) is 22.6 Å². The van der Waals surface area contributed by atoms with Crippen LogP contribution in [-0.4, -0.2) is 4.98 Å². The Morgan fingerprint density at radius 3 is 2.24 bits per heavy atom. The summed E-state index contributed by atoms with van der Waals surface area (Å²) >= 11 is 0. The summed E-state index contributed by atoms with van der Waals surface area (Å²) in [7, 11) is 0. The van der Waals surface area contributed by atoms with E-state index in [-0.39, 0.29) is 0 Å². The quantitative estimate of drug-likeness (QED) is 0.783. The van der Waals surface area contributed by atoms with Gasteiger partial charge >= 0.3 is 0 Å². The zero-order chi connectivity index (χ0) is 14.5. The van der Waals surface area contributed by atoms with E-state index in [1.54, 1.807) is 6.20 Å². The Hall–Kier alpha value is -2.65. The highest BCUT2D eigenvalue weighted by Gasteiger charge is 2.01. The molecule has 0 aliphatic heterocycles. The lowest BCUT2D eigenvalue weighted by molar-refractivity contribution is 0.483. The smallest absolute Gasteiger partial charge is 0.127 e. The number of rotatable bonds is 4. The molecule has 104 valence electrons. The second-order valence-corrected chi connectivity index (χ2v) is 4.73. The first-order valence-corrected chi connectivity index (χ1v) is 6.82. The van der Waals surface area contributed by atoms with Gasteiger partial charge in [-0.3, -0.25) is 4.98 Å². The van der Waals surface area contributed by atoms with E-state index in [2.05, 4.69) is 11.1 Å². The number of benzene rings is 2. The monoisotopic (exact) mass is 276 g/mol. The molecule has 1 aromatic heterocycles. The van der Waals surface area contributed by atoms with Crippen LogP contribution in [0.4, 0.5) is 0 Å². The SMILES string of the molecule is NCc1cncc(-c2ccc(Oc3ccccc3)cc2)c1. The highest BCUT2D eigenvalue weighted by Crippen LogP contribution is 2.25. The maximum Gasteiger partial charge on any atom is 0.127 e. The van der Waals surface area contributed by atoms with Crippen LogP contribution in [-0.2, 0) is 6.54 Å². The van der Waals surface area contributed by atoms with Crippen molar-refractivity contribution < 1.29 is 4.74 Å². The van der Waals surface area contributed by atoms with E-state index in [1.807, 2.05) is 60.8 Å². The van der Waals surface area contributed by atoms with Crippen molar-refractivity contribution in [2.75, 3.05) is 0 Å². The van der Waals surface area contributed by atoms with E-state index in [9.17, 15) is 0 Å². The molecule has 0 saturated carbocycles. The van der Waals surface area contributed by atoms with Crippen LogP contribution in [0, 0.1) is 0 Å². The molecule has 0 amide bonds. The fraction of sp³-hybridized carbons (Fsp3) is 0.0556. The molecule has 3 rings (SSSR count). The van der Waals surface area contributed by atoms with Crippen molar-refractivity contribution in [2.24, 2.45) is 5.73 Å². The summed E-state index contributed by atoms with van der Waals surface area (Å²) in [6, 6.07) is 19.8. The number of hydrogen-bond acceptors (Lipinski definition) is 3. The van der Waals surface area contributed by atoms with E-state index in [0.717, 1.165) is 28.2 Å². The Balaban J connectivity index is 1.80. The molecule has 0 aliphatic carbocycles. The highest BCUT2D eigenvalue weighted by atomic mass is 16.5. The summed E-state index contributed by atoms with van der Waals surface area (Å²) in [5, 5.41) is 0. The Bertz CT molecular complexity index is 709. The second kappa shape index (κ2) is 6.20.